The van der Waals surface area contributed by atoms with Gasteiger partial charge in [-0.3, -0.25) is 4.79 Å². The lowest BCUT2D eigenvalue weighted by atomic mass is 10.1. The van der Waals surface area contributed by atoms with Crippen molar-refractivity contribution in [2.45, 2.75) is 37.9 Å². The van der Waals surface area contributed by atoms with Gasteiger partial charge in [-0.05, 0) is 25.7 Å². The van der Waals surface area contributed by atoms with E-state index in [2.05, 4.69) is 0 Å². The average molecular weight is 368 g/mol. The summed E-state index contributed by atoms with van der Waals surface area (Å²) < 4.78 is 60.0. The van der Waals surface area contributed by atoms with E-state index in [0.29, 0.717) is 13.1 Å². The fourth-order valence-electron chi connectivity index (χ4n) is 2.11. The van der Waals surface area contributed by atoms with Gasteiger partial charge in [0, 0.05) is 19.6 Å². The van der Waals surface area contributed by atoms with Gasteiger partial charge in [-0.2, -0.15) is 13.2 Å². The first-order chi connectivity index (χ1) is 9.61. The summed E-state index contributed by atoms with van der Waals surface area (Å²) in [4.78, 5) is 13.5. The highest BCUT2D eigenvalue weighted by molar-refractivity contribution is 7.89. The van der Waals surface area contributed by atoms with Gasteiger partial charge >= 0.3 is 6.18 Å². The third-order valence-corrected chi connectivity index (χ3v) is 4.45. The Balaban J connectivity index is 0.00000441. The number of hydrogen-bond donors (Lipinski definition) is 2. The first kappa shape index (κ1) is 21.4. The molecule has 1 rings (SSSR count). The number of carbonyl (C=O) groups is 1. The number of hydrogen-bond acceptors (Lipinski definition) is 4. The molecule has 0 bridgehead atoms. The summed E-state index contributed by atoms with van der Waals surface area (Å²) in [7, 11) is -4.38. The summed E-state index contributed by atoms with van der Waals surface area (Å²) in [6.07, 6.45) is -2.46. The number of nitrogens with two attached hydrogens (primary N) is 1. The molecule has 1 atom stereocenters. The van der Waals surface area contributed by atoms with Crippen LogP contribution < -0.4 is 10.5 Å². The van der Waals surface area contributed by atoms with E-state index in [-0.39, 0.29) is 37.7 Å². The van der Waals surface area contributed by atoms with Crippen LogP contribution in [0.2, 0.25) is 0 Å². The molecule has 1 fully saturated rings. The fraction of sp³-hybridized carbons (Fsp3) is 0.909. The molecule has 0 spiro atoms. The van der Waals surface area contributed by atoms with Crippen molar-refractivity contribution in [2.75, 3.05) is 25.4 Å². The number of rotatable bonds is 7. The quantitative estimate of drug-likeness (QED) is 0.645. The average Bonchev–Trinajstić information content (AvgIpc) is 2.84. The van der Waals surface area contributed by atoms with Crippen LogP contribution in [0.15, 0.2) is 0 Å². The summed E-state index contributed by atoms with van der Waals surface area (Å²) in [6, 6.07) is -0.741. The number of nitrogens with one attached hydrogen (secondary N) is 1. The Hall–Kier alpha value is -0.580. The Morgan fingerprint density at radius 2 is 1.82 bits per heavy atom. The maximum Gasteiger partial charge on any atom is 0.404 e. The summed E-state index contributed by atoms with van der Waals surface area (Å²) in [5.74, 6) is -2.09. The largest absolute Gasteiger partial charge is 0.404 e. The van der Waals surface area contributed by atoms with Crippen molar-refractivity contribution in [3.05, 3.63) is 0 Å². The van der Waals surface area contributed by atoms with E-state index >= 15 is 0 Å². The van der Waals surface area contributed by atoms with E-state index in [1.165, 1.54) is 0 Å². The van der Waals surface area contributed by atoms with Crippen LogP contribution in [0.1, 0.15) is 25.7 Å². The molecule has 1 heterocycles. The molecule has 1 aliphatic rings. The molecule has 1 aliphatic heterocycles. The van der Waals surface area contributed by atoms with Crippen LogP contribution >= 0.6 is 12.4 Å². The Morgan fingerprint density at radius 3 is 2.32 bits per heavy atom. The monoisotopic (exact) mass is 367 g/mol. The van der Waals surface area contributed by atoms with Crippen LogP contribution in [0, 0.1) is 0 Å². The van der Waals surface area contributed by atoms with E-state index in [0.717, 1.165) is 12.8 Å². The second kappa shape index (κ2) is 8.90. The first-order valence-electron chi connectivity index (χ1n) is 6.69. The number of sulfonamides is 1. The van der Waals surface area contributed by atoms with Crippen LogP contribution in [-0.4, -0.2) is 56.8 Å². The van der Waals surface area contributed by atoms with Crippen LogP contribution in [0.4, 0.5) is 13.2 Å². The molecule has 0 aromatic heterocycles. The van der Waals surface area contributed by atoms with Gasteiger partial charge in [-0.15, -0.1) is 12.4 Å². The number of carbonyl (C=O) groups excluding carboxylic acids is 1. The van der Waals surface area contributed by atoms with Gasteiger partial charge in [0.25, 0.3) is 0 Å². The molecule has 132 valence electrons. The zero-order chi connectivity index (χ0) is 16.1. The first-order valence-corrected chi connectivity index (χ1v) is 8.34. The molecule has 1 amide bonds. The molecule has 6 nitrogen and oxygen atoms in total. The van der Waals surface area contributed by atoms with E-state index in [4.69, 9.17) is 5.73 Å². The van der Waals surface area contributed by atoms with E-state index in [1.54, 1.807) is 4.90 Å². The van der Waals surface area contributed by atoms with E-state index in [9.17, 15) is 26.4 Å². The second-order valence-electron chi connectivity index (χ2n) is 5.05. The maximum atomic E-state index is 12.0. The normalized spacial score (nSPS) is 17.2. The van der Waals surface area contributed by atoms with Crippen molar-refractivity contribution in [1.29, 1.82) is 0 Å². The highest BCUT2D eigenvalue weighted by Crippen LogP contribution is 2.16. The molecule has 3 N–H and O–H groups in total. The number of likely N-dealkylation sites (tertiary alicyclic amines) is 1. The van der Waals surface area contributed by atoms with Gasteiger partial charge in [-0.1, -0.05) is 0 Å². The van der Waals surface area contributed by atoms with Crippen LogP contribution in [0.25, 0.3) is 0 Å². The van der Waals surface area contributed by atoms with E-state index < -0.39 is 28.0 Å². The highest BCUT2D eigenvalue weighted by Gasteiger charge is 2.34. The molecule has 0 unspecified atom stereocenters. The summed E-state index contributed by atoms with van der Waals surface area (Å²) in [5.41, 5.74) is 5.70. The third kappa shape index (κ3) is 8.16. The smallest absolute Gasteiger partial charge is 0.341 e. The number of nitrogens with zero attached hydrogens (tertiary/aromatic N) is 1. The zero-order valence-corrected chi connectivity index (χ0v) is 13.6. The van der Waals surface area contributed by atoms with Crippen LogP contribution in [0.3, 0.4) is 0 Å². The summed E-state index contributed by atoms with van der Waals surface area (Å²) in [5, 5.41) is 0. The Bertz CT molecular complexity index is 453. The number of amides is 1. The lowest BCUT2D eigenvalue weighted by Gasteiger charge is -2.20. The van der Waals surface area contributed by atoms with Gasteiger partial charge in [0.15, 0.2) is 5.75 Å². The Kier molecular flexibility index (Phi) is 8.66. The standard InChI is InChI=1S/C11H20F3N3O3S.ClH/c12-11(13,14)8-21(19,20)16-5-3-4-9(15)10(18)17-6-1-2-7-17;/h9,16H,1-8,15H2;1H/t9-;/m0./s1. The fourth-order valence-corrected chi connectivity index (χ4v) is 3.10. The number of alkyl halides is 3. The molecular formula is C11H21ClF3N3O3S. The van der Waals surface area contributed by atoms with Crippen molar-refractivity contribution in [3.8, 4) is 0 Å². The minimum atomic E-state index is -4.77. The second-order valence-corrected chi connectivity index (χ2v) is 6.86. The number of halogens is 4. The summed E-state index contributed by atoms with van der Waals surface area (Å²) >= 11 is 0. The molecular weight excluding hydrogens is 347 g/mol. The Morgan fingerprint density at radius 1 is 1.27 bits per heavy atom. The highest BCUT2D eigenvalue weighted by atomic mass is 35.5. The van der Waals surface area contributed by atoms with Crippen molar-refractivity contribution in [3.63, 3.8) is 0 Å². The van der Waals surface area contributed by atoms with Crippen molar-refractivity contribution >= 4 is 28.3 Å². The topological polar surface area (TPSA) is 92.5 Å². The zero-order valence-electron chi connectivity index (χ0n) is 11.9. The predicted molar refractivity (Wildman–Crippen MR) is 78.1 cm³/mol. The maximum absolute atomic E-state index is 12.0. The SMILES string of the molecule is Cl.N[C@@H](CCCNS(=O)(=O)CC(F)(F)F)C(=O)N1CCCC1. The molecule has 0 aromatic rings. The predicted octanol–water partition coefficient (Wildman–Crippen LogP) is 0.620. The van der Waals surface area contributed by atoms with Gasteiger partial charge in [0.2, 0.25) is 15.9 Å². The molecule has 1 saturated heterocycles. The molecule has 0 aliphatic carbocycles. The molecule has 0 aromatic carbocycles. The molecule has 11 heteroatoms. The molecule has 22 heavy (non-hydrogen) atoms. The van der Waals surface area contributed by atoms with E-state index in [1.807, 2.05) is 4.72 Å². The van der Waals surface area contributed by atoms with Crippen molar-refractivity contribution in [1.82, 2.24) is 9.62 Å². The lowest BCUT2D eigenvalue weighted by Crippen LogP contribution is -2.42. The Labute approximate surface area is 134 Å². The minimum absolute atomic E-state index is 0. The van der Waals surface area contributed by atoms with Crippen molar-refractivity contribution < 1.29 is 26.4 Å². The van der Waals surface area contributed by atoms with Crippen LogP contribution in [0.5, 0.6) is 0 Å². The molecule has 0 saturated carbocycles. The lowest BCUT2D eigenvalue weighted by molar-refractivity contribution is -0.131. The minimum Gasteiger partial charge on any atom is -0.341 e. The van der Waals surface area contributed by atoms with Gasteiger partial charge in [-0.25, -0.2) is 13.1 Å². The van der Waals surface area contributed by atoms with Gasteiger partial charge in [0.05, 0.1) is 6.04 Å². The van der Waals surface area contributed by atoms with Gasteiger partial charge < -0.3 is 10.6 Å². The summed E-state index contributed by atoms with van der Waals surface area (Å²) in [6.45, 7) is 1.18. The molecule has 0 radical (unpaired) electrons. The van der Waals surface area contributed by atoms with Crippen LogP contribution in [-0.2, 0) is 14.8 Å². The third-order valence-electron chi connectivity index (χ3n) is 3.10. The van der Waals surface area contributed by atoms with Crippen molar-refractivity contribution in [2.24, 2.45) is 5.73 Å². The van der Waals surface area contributed by atoms with Gasteiger partial charge in [0.1, 0.15) is 0 Å².